The summed E-state index contributed by atoms with van der Waals surface area (Å²) in [7, 11) is 1.71. The molecule has 1 unspecified atom stereocenters. The van der Waals surface area contributed by atoms with Crippen molar-refractivity contribution >= 4 is 11.8 Å². The van der Waals surface area contributed by atoms with Gasteiger partial charge < -0.3 is 15.2 Å². The number of ether oxygens (including phenoxy) is 1. The summed E-state index contributed by atoms with van der Waals surface area (Å²) in [4.78, 5) is 0. The average molecular weight is 283 g/mol. The summed E-state index contributed by atoms with van der Waals surface area (Å²) in [6.45, 7) is 5.04. The van der Waals surface area contributed by atoms with E-state index in [-0.39, 0.29) is 12.1 Å². The molecule has 19 heavy (non-hydrogen) atoms. The van der Waals surface area contributed by atoms with E-state index in [1.165, 1.54) is 0 Å². The molecule has 0 saturated heterocycles. The van der Waals surface area contributed by atoms with Gasteiger partial charge >= 0.3 is 0 Å². The second-order valence-electron chi connectivity index (χ2n) is 4.95. The molecule has 1 aromatic rings. The molecule has 1 atom stereocenters. The molecule has 0 radical (unpaired) electrons. The maximum atomic E-state index is 9.93. The van der Waals surface area contributed by atoms with Crippen molar-refractivity contribution in [3.05, 3.63) is 35.9 Å². The average Bonchev–Trinajstić information content (AvgIpc) is 2.43. The highest BCUT2D eigenvalue weighted by Gasteiger charge is 2.31. The van der Waals surface area contributed by atoms with Crippen molar-refractivity contribution < 1.29 is 9.84 Å². The van der Waals surface area contributed by atoms with Crippen LogP contribution in [0.1, 0.15) is 19.4 Å². The summed E-state index contributed by atoms with van der Waals surface area (Å²) < 4.78 is 5.07. The molecule has 2 N–H and O–H groups in total. The third-order valence-corrected chi connectivity index (χ3v) is 4.09. The number of hydrogen-bond donors (Lipinski definition) is 2. The molecule has 0 saturated carbocycles. The van der Waals surface area contributed by atoms with Crippen LogP contribution in [0.5, 0.6) is 0 Å². The maximum absolute atomic E-state index is 9.93. The van der Waals surface area contributed by atoms with Crippen molar-refractivity contribution in [2.24, 2.45) is 0 Å². The largest absolute Gasteiger partial charge is 0.394 e. The molecule has 0 spiro atoms. The fourth-order valence-corrected chi connectivity index (χ4v) is 3.21. The van der Waals surface area contributed by atoms with E-state index in [2.05, 4.69) is 31.3 Å². The van der Waals surface area contributed by atoms with Gasteiger partial charge in [0.15, 0.2) is 0 Å². The van der Waals surface area contributed by atoms with E-state index in [0.717, 1.165) is 23.7 Å². The lowest BCUT2D eigenvalue weighted by molar-refractivity contribution is 0.169. The molecule has 1 rings (SSSR count). The van der Waals surface area contributed by atoms with E-state index < -0.39 is 0 Å². The smallest absolute Gasteiger partial charge is 0.0762 e. The molecular formula is C15H25NO2S. The van der Waals surface area contributed by atoms with Gasteiger partial charge in [-0.2, -0.15) is 11.8 Å². The minimum Gasteiger partial charge on any atom is -0.394 e. The number of benzene rings is 1. The monoisotopic (exact) mass is 283 g/mol. The van der Waals surface area contributed by atoms with Crippen molar-refractivity contribution in [2.45, 2.75) is 25.4 Å². The van der Waals surface area contributed by atoms with E-state index in [1.54, 1.807) is 18.9 Å². The van der Waals surface area contributed by atoms with E-state index in [4.69, 9.17) is 4.74 Å². The summed E-state index contributed by atoms with van der Waals surface area (Å²) in [6.07, 6.45) is 0. The number of methoxy groups -OCH3 is 1. The Labute approximate surface area is 120 Å². The van der Waals surface area contributed by atoms with Gasteiger partial charge in [-0.15, -0.1) is 0 Å². The van der Waals surface area contributed by atoms with Crippen molar-refractivity contribution in [2.75, 3.05) is 31.8 Å². The van der Waals surface area contributed by atoms with Gasteiger partial charge in [-0.3, -0.25) is 0 Å². The third-order valence-electron chi connectivity index (χ3n) is 2.94. The first-order valence-electron chi connectivity index (χ1n) is 6.65. The van der Waals surface area contributed by atoms with Gasteiger partial charge in [0.25, 0.3) is 0 Å². The lowest BCUT2D eigenvalue weighted by atomic mass is 9.92. The van der Waals surface area contributed by atoms with Crippen LogP contribution < -0.4 is 5.32 Å². The number of hydrogen-bond acceptors (Lipinski definition) is 4. The third kappa shape index (κ3) is 5.15. The molecule has 0 bridgehead atoms. The molecule has 3 nitrogen and oxygen atoms in total. The van der Waals surface area contributed by atoms with Crippen molar-refractivity contribution in [3.8, 4) is 0 Å². The minimum absolute atomic E-state index is 0.0924. The van der Waals surface area contributed by atoms with Crippen LogP contribution in [0.4, 0.5) is 0 Å². The predicted octanol–water partition coefficient (Wildman–Crippen LogP) is 2.25. The fourth-order valence-electron chi connectivity index (χ4n) is 2.09. The van der Waals surface area contributed by atoms with Crippen LogP contribution in [0.25, 0.3) is 0 Å². The number of thioether (sulfide) groups is 1. The first kappa shape index (κ1) is 16.5. The fraction of sp³-hybridized carbons (Fsp3) is 0.600. The van der Waals surface area contributed by atoms with Crippen molar-refractivity contribution in [1.29, 1.82) is 0 Å². The van der Waals surface area contributed by atoms with Crippen LogP contribution in [-0.4, -0.2) is 43.0 Å². The summed E-state index contributed by atoms with van der Waals surface area (Å²) >= 11 is 1.80. The van der Waals surface area contributed by atoms with E-state index in [1.807, 2.05) is 18.2 Å². The SMILES string of the molecule is COCCSCC(CO)(NC(C)C)c1ccccc1. The van der Waals surface area contributed by atoms with Crippen LogP contribution in [0.15, 0.2) is 30.3 Å². The lowest BCUT2D eigenvalue weighted by Gasteiger charge is -2.35. The number of rotatable bonds is 9. The number of aliphatic hydroxyl groups is 1. The minimum atomic E-state index is -0.381. The van der Waals surface area contributed by atoms with Crippen LogP contribution in [-0.2, 0) is 10.3 Å². The van der Waals surface area contributed by atoms with E-state index in [9.17, 15) is 5.11 Å². The molecule has 0 amide bonds. The number of nitrogens with one attached hydrogen (secondary N) is 1. The zero-order valence-electron chi connectivity index (χ0n) is 12.1. The highest BCUT2D eigenvalue weighted by atomic mass is 32.2. The molecule has 0 aliphatic heterocycles. The zero-order valence-corrected chi connectivity index (χ0v) is 12.9. The van der Waals surface area contributed by atoms with Crippen molar-refractivity contribution in [3.63, 3.8) is 0 Å². The predicted molar refractivity (Wildman–Crippen MR) is 82.7 cm³/mol. The van der Waals surface area contributed by atoms with Crippen LogP contribution in [0.3, 0.4) is 0 Å². The molecule has 108 valence electrons. The zero-order chi connectivity index (χ0) is 14.1. The quantitative estimate of drug-likeness (QED) is 0.682. The van der Waals surface area contributed by atoms with Gasteiger partial charge in [-0.1, -0.05) is 30.3 Å². The standard InChI is InChI=1S/C15H25NO2S/c1-13(2)16-15(11-17,12-19-10-9-18-3)14-7-5-4-6-8-14/h4-8,13,16-17H,9-12H2,1-3H3. The van der Waals surface area contributed by atoms with Gasteiger partial charge in [0.2, 0.25) is 0 Å². The molecule has 0 aromatic heterocycles. The maximum Gasteiger partial charge on any atom is 0.0762 e. The Morgan fingerprint density at radius 3 is 2.53 bits per heavy atom. The highest BCUT2D eigenvalue weighted by molar-refractivity contribution is 7.99. The number of aliphatic hydroxyl groups excluding tert-OH is 1. The molecule has 0 aliphatic rings. The molecular weight excluding hydrogens is 258 g/mol. The Bertz CT molecular complexity index is 345. The molecule has 0 fully saturated rings. The summed E-state index contributed by atoms with van der Waals surface area (Å²) in [6, 6.07) is 10.5. The highest BCUT2D eigenvalue weighted by Crippen LogP contribution is 2.26. The van der Waals surface area contributed by atoms with Crippen LogP contribution >= 0.6 is 11.8 Å². The van der Waals surface area contributed by atoms with Gasteiger partial charge in [0, 0.05) is 24.7 Å². The van der Waals surface area contributed by atoms with E-state index in [0.29, 0.717) is 6.04 Å². The normalized spacial score (nSPS) is 14.6. The Kier molecular flexibility index (Phi) is 7.46. The Morgan fingerprint density at radius 2 is 2.00 bits per heavy atom. The molecule has 0 heterocycles. The second-order valence-corrected chi connectivity index (χ2v) is 6.06. The van der Waals surface area contributed by atoms with Crippen molar-refractivity contribution in [1.82, 2.24) is 5.32 Å². The Balaban J connectivity index is 2.82. The summed E-state index contributed by atoms with van der Waals surface area (Å²) in [5, 5.41) is 13.5. The summed E-state index contributed by atoms with van der Waals surface area (Å²) in [5.74, 6) is 1.76. The molecule has 0 aliphatic carbocycles. The summed E-state index contributed by atoms with van der Waals surface area (Å²) in [5.41, 5.74) is 0.754. The van der Waals surface area contributed by atoms with Gasteiger partial charge in [0.05, 0.1) is 18.8 Å². The molecule has 1 aromatic carbocycles. The van der Waals surface area contributed by atoms with Crippen LogP contribution in [0.2, 0.25) is 0 Å². The van der Waals surface area contributed by atoms with Gasteiger partial charge in [-0.05, 0) is 19.4 Å². The Hall–Kier alpha value is -0.550. The second kappa shape index (κ2) is 8.59. The Morgan fingerprint density at radius 1 is 1.32 bits per heavy atom. The lowest BCUT2D eigenvalue weighted by Crippen LogP contribution is -2.51. The van der Waals surface area contributed by atoms with Gasteiger partial charge in [-0.25, -0.2) is 0 Å². The topological polar surface area (TPSA) is 41.5 Å². The first-order valence-corrected chi connectivity index (χ1v) is 7.81. The van der Waals surface area contributed by atoms with Gasteiger partial charge in [0.1, 0.15) is 0 Å². The van der Waals surface area contributed by atoms with Crippen LogP contribution in [0, 0.1) is 0 Å². The van der Waals surface area contributed by atoms with E-state index >= 15 is 0 Å². The first-order chi connectivity index (χ1) is 9.14. The molecule has 4 heteroatoms.